The molecule has 0 unspecified atom stereocenters. The summed E-state index contributed by atoms with van der Waals surface area (Å²) in [6.07, 6.45) is -7.79. The van der Waals surface area contributed by atoms with Crippen LogP contribution >= 0.6 is 25.7 Å². The third kappa shape index (κ3) is 11.0. The van der Waals surface area contributed by atoms with Crippen molar-refractivity contribution < 1.29 is 64.5 Å². The number of pyridine rings is 1. The van der Waals surface area contributed by atoms with Crippen LogP contribution in [-0.4, -0.2) is 125 Å². The van der Waals surface area contributed by atoms with Crippen LogP contribution in [0.2, 0.25) is 0 Å². The smallest absolute Gasteiger partial charge is 0.389 e. The molecule has 13 rings (SSSR count). The van der Waals surface area contributed by atoms with E-state index in [0.717, 1.165) is 35.6 Å². The van der Waals surface area contributed by atoms with Gasteiger partial charge in [-0.25, -0.2) is 47.7 Å². The number of carbonyl (C=O) groups excluding carboxylic acids is 2. The Bertz CT molecular complexity index is 4150. The zero-order valence-electron chi connectivity index (χ0n) is 45.7. The Balaban J connectivity index is 0.686. The maximum Gasteiger partial charge on any atom is 0.389 e. The van der Waals surface area contributed by atoms with Gasteiger partial charge in [0, 0.05) is 29.5 Å². The molecule has 1 amide bonds. The summed E-state index contributed by atoms with van der Waals surface area (Å²) in [5.41, 5.74) is 18.8. The van der Waals surface area contributed by atoms with Crippen LogP contribution in [0.25, 0.3) is 44.8 Å². The number of para-hydroxylation sites is 1. The molecule has 9 aromatic rings. The standard InChI is InChI=1S/C55H52BF2N13O12P2S/c1-2-41(72)68-23-32-7-3-4-8-35(32)47-44(36-9-5-6-10-38(36)68)66-67-71(47)21-22-76-33-17-13-31(14-18-33)55(73)79-34-15-11-30(12-16-34)26-86-85(75)78-25-40-48(42(57)53(81-40)70-29-65-46-50(60)62-27-63-52(46)70)82-84(56,74)77-24-39-49(83-85)43(58)54(80-39)69-28-64-45-37(59)19-20-61-51(45)69/h3-20,27-29,39-40,42-43,48-49,53-54H,2,21-26,56H2,1H3,(H2,59,61)(H2,60,62,63)/t39-,40-,42-,43-,48-,49-,53-,54-,84+,85+/m1/s1. The summed E-state index contributed by atoms with van der Waals surface area (Å²) in [5, 5.41) is 9.15. The first-order valence-corrected chi connectivity index (χ1v) is 32.3. The molecule has 4 aromatic carbocycles. The highest BCUT2D eigenvalue weighted by atomic mass is 32.7. The quantitative estimate of drug-likeness (QED) is 0.0506. The molecule has 9 heterocycles. The van der Waals surface area contributed by atoms with Gasteiger partial charge in [0.25, 0.3) is 15.0 Å². The third-order valence-corrected chi connectivity index (χ3v) is 19.9. The Morgan fingerprint density at radius 2 is 1.43 bits per heavy atom. The lowest BCUT2D eigenvalue weighted by Crippen LogP contribution is -2.37. The Kier molecular flexibility index (Phi) is 15.5. The Morgan fingerprint density at radius 1 is 0.767 bits per heavy atom. The monoisotopic (exact) mass is 1230 g/mol. The van der Waals surface area contributed by atoms with Crippen molar-refractivity contribution in [1.29, 1.82) is 0 Å². The van der Waals surface area contributed by atoms with Crippen LogP contribution in [0.1, 0.15) is 47.3 Å². The molecule has 0 saturated carbocycles. The van der Waals surface area contributed by atoms with Gasteiger partial charge in [-0.3, -0.25) is 27.5 Å². The zero-order valence-corrected chi connectivity index (χ0v) is 48.3. The van der Waals surface area contributed by atoms with E-state index in [0.29, 0.717) is 47.9 Å². The highest BCUT2D eigenvalue weighted by Gasteiger charge is 2.55. The number of nitrogens with zero attached hydrogens (tertiary/aromatic N) is 11. The van der Waals surface area contributed by atoms with Gasteiger partial charge < -0.3 is 44.4 Å². The van der Waals surface area contributed by atoms with Crippen molar-refractivity contribution in [2.75, 3.05) is 36.2 Å². The number of nitrogen functional groups attached to an aromatic ring is 2. The number of hydrogen-bond acceptors (Lipinski definition) is 22. The molecular weight excluding hydrogens is 1180 g/mol. The number of hydrogen-bond donors (Lipinski definition) is 2. The molecule has 3 saturated heterocycles. The normalized spacial score (nSPS) is 25.6. The van der Waals surface area contributed by atoms with Gasteiger partial charge in [-0.1, -0.05) is 66.7 Å². The van der Waals surface area contributed by atoms with E-state index < -0.39 is 82.7 Å². The number of benzene rings is 4. The number of amides is 1. The van der Waals surface area contributed by atoms with E-state index in [4.69, 9.17) is 48.5 Å². The second-order valence-electron chi connectivity index (χ2n) is 20.5. The summed E-state index contributed by atoms with van der Waals surface area (Å²) < 4.78 is 116. The number of esters is 1. The van der Waals surface area contributed by atoms with Crippen LogP contribution in [0.5, 0.6) is 11.5 Å². The van der Waals surface area contributed by atoms with Gasteiger partial charge in [-0.2, -0.15) is 0 Å². The summed E-state index contributed by atoms with van der Waals surface area (Å²) in [7, 11) is -3.11. The van der Waals surface area contributed by atoms with Crippen molar-refractivity contribution in [2.45, 2.75) is 81.4 Å². The minimum atomic E-state index is -4.58. The summed E-state index contributed by atoms with van der Waals surface area (Å²) in [4.78, 5) is 49.4. The lowest BCUT2D eigenvalue weighted by atomic mass is 9.95. The first-order valence-electron chi connectivity index (χ1n) is 27.1. The maximum absolute atomic E-state index is 17.1. The first-order chi connectivity index (χ1) is 41.6. The minimum Gasteiger partial charge on any atom is -0.492 e. The summed E-state index contributed by atoms with van der Waals surface area (Å²) in [6.45, 7) is -3.10. The molecule has 4 N–H and O–H groups in total. The van der Waals surface area contributed by atoms with E-state index >= 15 is 13.3 Å². The highest BCUT2D eigenvalue weighted by Crippen LogP contribution is 2.65. The van der Waals surface area contributed by atoms with Gasteiger partial charge in [0.1, 0.15) is 65.6 Å². The summed E-state index contributed by atoms with van der Waals surface area (Å²) >= 11 is 0.691. The van der Waals surface area contributed by atoms with Crippen LogP contribution in [0.3, 0.4) is 0 Å². The molecule has 0 aliphatic carbocycles. The number of rotatable bonds is 12. The van der Waals surface area contributed by atoms with Crippen molar-refractivity contribution in [3.05, 3.63) is 145 Å². The number of imidazole rings is 2. The summed E-state index contributed by atoms with van der Waals surface area (Å²) in [5.74, 6) is 0.00603. The molecular formula is C55H52BF2N13O12P2S. The van der Waals surface area contributed by atoms with Crippen LogP contribution in [0.4, 0.5) is 26.0 Å². The second-order valence-corrected chi connectivity index (χ2v) is 26.5. The SMILES string of the molecule is B[P@]1(=O)OC[C@H]2O[C@@H](n3cnc4c(N)ccnc43)[C@H](F)[C@@H]2O[P@@](=O)(SCc2ccc(OC(=O)c3ccc(OCCn4nnc5c4-c4ccccc4CN(C(=O)CC)c4ccccc4-5)cc3)cc2)OC[C@H]2O[C@@H](n3cnc4c(N)ncnc43)[C@H](F)[C@@H]2O1. The van der Waals surface area contributed by atoms with Crippen molar-refractivity contribution in [3.63, 3.8) is 0 Å². The number of anilines is 3. The number of aromatic nitrogens is 10. The van der Waals surface area contributed by atoms with E-state index in [-0.39, 0.29) is 63.4 Å². The molecule has 442 valence electrons. The van der Waals surface area contributed by atoms with Gasteiger partial charge in [0.15, 0.2) is 41.9 Å². The average Bonchev–Trinajstić information content (AvgIpc) is 1.87. The van der Waals surface area contributed by atoms with Crippen LogP contribution < -0.4 is 25.8 Å². The van der Waals surface area contributed by atoms with E-state index in [1.54, 1.807) is 58.1 Å². The molecule has 0 radical (unpaired) electrons. The fourth-order valence-electron chi connectivity index (χ4n) is 10.7. The molecule has 5 aromatic heterocycles. The fourth-order valence-corrected chi connectivity index (χ4v) is 15.3. The van der Waals surface area contributed by atoms with Crippen molar-refractivity contribution in [2.24, 2.45) is 0 Å². The molecule has 0 bridgehead atoms. The van der Waals surface area contributed by atoms with Crippen molar-refractivity contribution in [1.82, 2.24) is 49.0 Å². The number of alkyl halides is 2. The topological polar surface area (TPSA) is 302 Å². The average molecular weight is 1230 g/mol. The summed E-state index contributed by atoms with van der Waals surface area (Å²) in [6, 6.07) is 29.9. The fraction of sp³-hybridized carbons (Fsp3) is 0.291. The largest absolute Gasteiger partial charge is 0.492 e. The zero-order chi connectivity index (χ0) is 59.4. The predicted octanol–water partition coefficient (Wildman–Crippen LogP) is 7.99. The van der Waals surface area contributed by atoms with E-state index in [1.165, 1.54) is 40.4 Å². The van der Waals surface area contributed by atoms with E-state index in [1.807, 2.05) is 55.5 Å². The third-order valence-electron chi connectivity index (χ3n) is 15.0. The first kappa shape index (κ1) is 57.1. The van der Waals surface area contributed by atoms with Crippen LogP contribution in [0.15, 0.2) is 128 Å². The Morgan fingerprint density at radius 3 is 2.17 bits per heavy atom. The lowest BCUT2D eigenvalue weighted by Gasteiger charge is -2.30. The highest BCUT2D eigenvalue weighted by molar-refractivity contribution is 8.54. The van der Waals surface area contributed by atoms with Crippen molar-refractivity contribution in [3.8, 4) is 34.0 Å². The Hall–Kier alpha value is -7.98. The Labute approximate surface area is 492 Å². The maximum atomic E-state index is 17.1. The van der Waals surface area contributed by atoms with Gasteiger partial charge in [-0.05, 0) is 71.0 Å². The number of carbonyl (C=O) groups is 2. The van der Waals surface area contributed by atoms with Crippen LogP contribution in [0, 0.1) is 0 Å². The van der Waals surface area contributed by atoms with Crippen LogP contribution in [-0.2, 0) is 60.3 Å². The molecule has 0 spiro atoms. The molecule has 10 atom stereocenters. The van der Waals surface area contributed by atoms with Crippen molar-refractivity contribution >= 4 is 84.6 Å². The number of halogens is 2. The van der Waals surface area contributed by atoms with Gasteiger partial charge in [0.2, 0.25) is 5.91 Å². The molecule has 31 heteroatoms. The number of ether oxygens (including phenoxy) is 4. The minimum absolute atomic E-state index is 0.00232. The molecule has 3 fully saturated rings. The molecule has 86 heavy (non-hydrogen) atoms. The van der Waals surface area contributed by atoms with E-state index in [2.05, 4.69) is 35.2 Å². The van der Waals surface area contributed by atoms with Gasteiger partial charge in [-0.15, -0.1) is 5.10 Å². The molecule has 4 aliphatic rings. The lowest BCUT2D eigenvalue weighted by molar-refractivity contribution is -0.118. The van der Waals surface area contributed by atoms with E-state index in [9.17, 15) is 14.2 Å². The van der Waals surface area contributed by atoms with Gasteiger partial charge >= 0.3 is 12.8 Å². The second kappa shape index (κ2) is 23.4. The van der Waals surface area contributed by atoms with Gasteiger partial charge in [0.05, 0.1) is 61.6 Å². The number of fused-ring (bicyclic) bond motifs is 9. The predicted molar refractivity (Wildman–Crippen MR) is 312 cm³/mol. The number of nitrogens with two attached hydrogens (primary N) is 2. The molecule has 4 aliphatic heterocycles. The molecule has 25 nitrogen and oxygen atoms in total.